The lowest BCUT2D eigenvalue weighted by molar-refractivity contribution is 0.00990. The number of carbonyl (C=O) groups is 1. The average molecular weight is 548 g/mol. The number of likely N-dealkylation sites (tertiary alicyclic amines) is 1. The Hall–Kier alpha value is -1.59. The van der Waals surface area contributed by atoms with Gasteiger partial charge >= 0.3 is 0 Å². The normalized spacial score (nSPS) is 14.7. The smallest absolute Gasteiger partial charge is 0.251 e. The quantitative estimate of drug-likeness (QED) is 0.192. The molecule has 2 rings (SSSR count). The second-order valence-corrected chi connectivity index (χ2v) is 7.13. The molecule has 8 nitrogen and oxygen atoms in total. The molecule has 0 aliphatic carbocycles. The molecule has 176 valence electrons. The Morgan fingerprint density at radius 3 is 2.65 bits per heavy atom. The summed E-state index contributed by atoms with van der Waals surface area (Å²) in [5, 5.41) is 6.26. The van der Waals surface area contributed by atoms with Gasteiger partial charge in [-0.15, -0.1) is 24.0 Å². The predicted molar refractivity (Wildman–Crippen MR) is 134 cm³/mol. The summed E-state index contributed by atoms with van der Waals surface area (Å²) in [4.78, 5) is 19.2. The van der Waals surface area contributed by atoms with Gasteiger partial charge in [0.05, 0.1) is 19.8 Å². The standard InChI is InChI=1S/C22H36N4O4.HI/c1-4-23-22(26-13-9-19(10-14-26)30-16-6-15-28-2)25-12-11-24-21(27)18-7-5-8-20(17-18)29-3;/h5,7-8,17,19H,4,6,9-16H2,1-3H3,(H,23,25)(H,24,27);1H. The van der Waals surface area contributed by atoms with Gasteiger partial charge in [-0.1, -0.05) is 6.07 Å². The van der Waals surface area contributed by atoms with Crippen molar-refractivity contribution in [1.82, 2.24) is 15.5 Å². The van der Waals surface area contributed by atoms with Crippen molar-refractivity contribution in [2.45, 2.75) is 32.3 Å². The second kappa shape index (κ2) is 16.1. The highest BCUT2D eigenvalue weighted by molar-refractivity contribution is 14.0. The first-order chi connectivity index (χ1) is 14.7. The van der Waals surface area contributed by atoms with Crippen LogP contribution in [0.25, 0.3) is 0 Å². The van der Waals surface area contributed by atoms with Gasteiger partial charge in [0.15, 0.2) is 5.96 Å². The van der Waals surface area contributed by atoms with Gasteiger partial charge in [-0.2, -0.15) is 0 Å². The van der Waals surface area contributed by atoms with Crippen molar-refractivity contribution in [2.24, 2.45) is 4.99 Å². The first kappa shape index (κ1) is 27.4. The molecule has 1 aromatic carbocycles. The maximum atomic E-state index is 12.3. The number of nitrogens with zero attached hydrogens (tertiary/aromatic N) is 2. The van der Waals surface area contributed by atoms with Crippen LogP contribution in [0.15, 0.2) is 29.3 Å². The fraction of sp³-hybridized carbons (Fsp3) is 0.636. The minimum atomic E-state index is -0.125. The van der Waals surface area contributed by atoms with Crippen LogP contribution in [-0.2, 0) is 9.47 Å². The van der Waals surface area contributed by atoms with E-state index < -0.39 is 0 Å². The minimum absolute atomic E-state index is 0. The van der Waals surface area contributed by atoms with Gasteiger partial charge < -0.3 is 29.7 Å². The van der Waals surface area contributed by atoms with Crippen LogP contribution in [0.5, 0.6) is 5.75 Å². The SMILES string of the molecule is CCNC(=NCCNC(=O)c1cccc(OC)c1)N1CCC(OCCCOC)CC1.I. The Labute approximate surface area is 203 Å². The van der Waals surface area contributed by atoms with Crippen LogP contribution in [0.1, 0.15) is 36.5 Å². The molecule has 0 aromatic heterocycles. The summed E-state index contributed by atoms with van der Waals surface area (Å²) in [7, 11) is 3.30. The summed E-state index contributed by atoms with van der Waals surface area (Å²) in [5.74, 6) is 1.44. The molecule has 0 atom stereocenters. The summed E-state index contributed by atoms with van der Waals surface area (Å²) in [6, 6.07) is 7.12. The third-order valence-corrected chi connectivity index (χ3v) is 4.91. The lowest BCUT2D eigenvalue weighted by atomic mass is 10.1. The van der Waals surface area contributed by atoms with E-state index in [1.54, 1.807) is 32.4 Å². The molecule has 1 amide bonds. The van der Waals surface area contributed by atoms with Gasteiger partial charge in [0.2, 0.25) is 0 Å². The maximum absolute atomic E-state index is 12.3. The maximum Gasteiger partial charge on any atom is 0.251 e. The van der Waals surface area contributed by atoms with Crippen LogP contribution in [0.4, 0.5) is 0 Å². The van der Waals surface area contributed by atoms with Gasteiger partial charge in [-0.3, -0.25) is 9.79 Å². The number of benzene rings is 1. The zero-order valence-electron chi connectivity index (χ0n) is 18.9. The number of guanidine groups is 1. The van der Waals surface area contributed by atoms with E-state index in [1.165, 1.54) is 0 Å². The van der Waals surface area contributed by atoms with Crippen LogP contribution in [0, 0.1) is 0 Å². The molecule has 1 fully saturated rings. The monoisotopic (exact) mass is 548 g/mol. The Morgan fingerprint density at radius 1 is 1.19 bits per heavy atom. The Kier molecular flexibility index (Phi) is 14.3. The van der Waals surface area contributed by atoms with Gasteiger partial charge in [0.1, 0.15) is 5.75 Å². The molecule has 9 heteroatoms. The summed E-state index contributed by atoms with van der Waals surface area (Å²) in [5.41, 5.74) is 0.581. The second-order valence-electron chi connectivity index (χ2n) is 7.13. The van der Waals surface area contributed by atoms with Crippen LogP contribution in [0.3, 0.4) is 0 Å². The van der Waals surface area contributed by atoms with E-state index in [1.807, 2.05) is 6.07 Å². The lowest BCUT2D eigenvalue weighted by Gasteiger charge is -2.34. The van der Waals surface area contributed by atoms with Crippen molar-refractivity contribution in [3.63, 3.8) is 0 Å². The van der Waals surface area contributed by atoms with Gasteiger partial charge in [0, 0.05) is 52.1 Å². The summed E-state index contributed by atoms with van der Waals surface area (Å²) >= 11 is 0. The number of halogens is 1. The van der Waals surface area contributed by atoms with Crippen molar-refractivity contribution < 1.29 is 19.0 Å². The number of nitrogens with one attached hydrogen (secondary N) is 2. The molecule has 2 N–H and O–H groups in total. The van der Waals surface area contributed by atoms with Crippen LogP contribution in [-0.4, -0.2) is 83.0 Å². The number of methoxy groups -OCH3 is 2. The summed E-state index contributed by atoms with van der Waals surface area (Å²) in [6.45, 7) is 7.18. The van der Waals surface area contributed by atoms with Crippen molar-refractivity contribution in [3.05, 3.63) is 29.8 Å². The summed E-state index contributed by atoms with van der Waals surface area (Å²) < 4.78 is 16.2. The van der Waals surface area contributed by atoms with Crippen molar-refractivity contribution >= 4 is 35.8 Å². The molecule has 1 aliphatic heterocycles. The lowest BCUT2D eigenvalue weighted by Crippen LogP contribution is -2.47. The van der Waals surface area contributed by atoms with E-state index in [2.05, 4.69) is 27.4 Å². The fourth-order valence-electron chi connectivity index (χ4n) is 3.31. The Bertz CT molecular complexity index is 667. The van der Waals surface area contributed by atoms with E-state index in [9.17, 15) is 4.79 Å². The number of carbonyl (C=O) groups excluding carboxylic acids is 1. The molecule has 1 saturated heterocycles. The Balaban J connectivity index is 0.00000480. The number of hydrogen-bond donors (Lipinski definition) is 2. The molecule has 1 aliphatic rings. The number of hydrogen-bond acceptors (Lipinski definition) is 5. The highest BCUT2D eigenvalue weighted by Crippen LogP contribution is 2.14. The number of piperidine rings is 1. The molecule has 0 unspecified atom stereocenters. The van der Waals surface area contributed by atoms with Crippen molar-refractivity contribution in [1.29, 1.82) is 0 Å². The minimum Gasteiger partial charge on any atom is -0.497 e. The Morgan fingerprint density at radius 2 is 1.97 bits per heavy atom. The number of ether oxygens (including phenoxy) is 3. The van der Waals surface area contributed by atoms with Crippen LogP contribution in [0.2, 0.25) is 0 Å². The molecule has 0 spiro atoms. The van der Waals surface area contributed by atoms with E-state index >= 15 is 0 Å². The van der Waals surface area contributed by atoms with Gasteiger partial charge in [-0.05, 0) is 44.4 Å². The molecule has 1 heterocycles. The van der Waals surface area contributed by atoms with Gasteiger partial charge in [-0.25, -0.2) is 0 Å². The van der Waals surface area contributed by atoms with E-state index in [4.69, 9.17) is 14.2 Å². The molecule has 0 radical (unpaired) electrons. The molecular formula is C22H37IN4O4. The highest BCUT2D eigenvalue weighted by Gasteiger charge is 2.21. The largest absolute Gasteiger partial charge is 0.497 e. The molecule has 31 heavy (non-hydrogen) atoms. The number of aliphatic imine (C=N–C) groups is 1. The highest BCUT2D eigenvalue weighted by atomic mass is 127. The molecule has 0 bridgehead atoms. The molecular weight excluding hydrogens is 511 g/mol. The fourth-order valence-corrected chi connectivity index (χ4v) is 3.31. The van der Waals surface area contributed by atoms with Crippen LogP contribution < -0.4 is 15.4 Å². The third-order valence-electron chi connectivity index (χ3n) is 4.91. The predicted octanol–water partition coefficient (Wildman–Crippen LogP) is 2.53. The summed E-state index contributed by atoms with van der Waals surface area (Å²) in [6.07, 6.45) is 3.22. The zero-order valence-corrected chi connectivity index (χ0v) is 21.2. The molecule has 1 aromatic rings. The number of rotatable bonds is 11. The number of amides is 1. The van der Waals surface area contributed by atoms with Crippen molar-refractivity contribution in [2.75, 3.05) is 60.2 Å². The zero-order chi connectivity index (χ0) is 21.6. The molecule has 0 saturated carbocycles. The van der Waals surface area contributed by atoms with E-state index in [0.717, 1.165) is 58.1 Å². The van der Waals surface area contributed by atoms with Gasteiger partial charge in [0.25, 0.3) is 5.91 Å². The topological polar surface area (TPSA) is 84.4 Å². The first-order valence-electron chi connectivity index (χ1n) is 10.7. The van der Waals surface area contributed by atoms with Crippen LogP contribution >= 0.6 is 24.0 Å². The first-order valence-corrected chi connectivity index (χ1v) is 10.7. The average Bonchev–Trinajstić information content (AvgIpc) is 2.79. The third kappa shape index (κ3) is 10.0. The van der Waals surface area contributed by atoms with E-state index in [-0.39, 0.29) is 29.9 Å². The van der Waals surface area contributed by atoms with Crippen molar-refractivity contribution in [3.8, 4) is 5.75 Å². The van der Waals surface area contributed by atoms with E-state index in [0.29, 0.717) is 30.5 Å².